The van der Waals surface area contributed by atoms with E-state index in [0.717, 1.165) is 0 Å². The topological polar surface area (TPSA) is 107 Å². The second-order valence-corrected chi connectivity index (χ2v) is 6.37. The summed E-state index contributed by atoms with van der Waals surface area (Å²) in [5.74, 6) is -0.403. The van der Waals surface area contributed by atoms with Gasteiger partial charge in [0.15, 0.2) is 11.9 Å². The Morgan fingerprint density at radius 1 is 1.22 bits per heavy atom. The smallest absolute Gasteiger partial charge is 0.268 e. The average Bonchev–Trinajstić information content (AvgIpc) is 2.65. The highest BCUT2D eigenvalue weighted by Gasteiger charge is 2.34. The number of carbonyl (C=O) groups is 3. The van der Waals surface area contributed by atoms with Crippen LogP contribution in [0.25, 0.3) is 0 Å². The van der Waals surface area contributed by atoms with Crippen LogP contribution in [-0.2, 0) is 9.59 Å². The average molecular weight is 378 g/mol. The maximum Gasteiger partial charge on any atom is 0.268 e. The number of hydrogen-bond acceptors (Lipinski definition) is 6. The molecule has 1 aliphatic rings. The van der Waals surface area contributed by atoms with Gasteiger partial charge in [-0.25, -0.2) is 0 Å². The lowest BCUT2D eigenvalue weighted by atomic mass is 10.0. The van der Waals surface area contributed by atoms with E-state index in [2.05, 4.69) is 0 Å². The van der Waals surface area contributed by atoms with Crippen LogP contribution in [0.4, 0.5) is 5.69 Å². The number of Topliss-reactive ketones (excluding diaryl/α,β-unsaturated/α-hetero) is 1. The van der Waals surface area contributed by atoms with Gasteiger partial charge in [-0.2, -0.15) is 0 Å². The van der Waals surface area contributed by atoms with Crippen molar-refractivity contribution < 1.29 is 29.3 Å². The largest absolute Gasteiger partial charge is 0.479 e. The van der Waals surface area contributed by atoms with Crippen molar-refractivity contribution in [3.05, 3.63) is 23.8 Å². The minimum atomic E-state index is -0.758. The van der Waals surface area contributed by atoms with Gasteiger partial charge in [0, 0.05) is 25.1 Å². The lowest BCUT2D eigenvalue weighted by molar-refractivity contribution is -0.133. The quantitative estimate of drug-likeness (QED) is 0.609. The van der Waals surface area contributed by atoms with Gasteiger partial charge in [-0.05, 0) is 31.5 Å². The molecule has 8 heteroatoms. The van der Waals surface area contributed by atoms with Crippen molar-refractivity contribution in [3.63, 3.8) is 0 Å². The van der Waals surface area contributed by atoms with Crippen molar-refractivity contribution in [2.45, 2.75) is 32.8 Å². The van der Waals surface area contributed by atoms with Crippen LogP contribution < -0.4 is 9.64 Å². The molecule has 2 N–H and O–H groups in total. The van der Waals surface area contributed by atoms with Crippen molar-refractivity contribution in [2.75, 3.05) is 37.7 Å². The minimum Gasteiger partial charge on any atom is -0.479 e. The van der Waals surface area contributed by atoms with Gasteiger partial charge in [0.2, 0.25) is 5.91 Å². The molecule has 1 heterocycles. The van der Waals surface area contributed by atoms with Crippen LogP contribution in [0.5, 0.6) is 5.75 Å². The molecule has 1 aromatic carbocycles. The molecule has 0 radical (unpaired) electrons. The minimum absolute atomic E-state index is 0.0418. The number of hydrogen-bond donors (Lipinski definition) is 2. The Balaban J connectivity index is 2.32. The maximum absolute atomic E-state index is 12.6. The van der Waals surface area contributed by atoms with E-state index in [1.165, 1.54) is 9.80 Å². The number of ketones is 1. The summed E-state index contributed by atoms with van der Waals surface area (Å²) in [4.78, 5) is 40.0. The number of fused-ring (bicyclic) bond motifs is 1. The molecule has 0 saturated heterocycles. The first-order chi connectivity index (χ1) is 12.9. The molecule has 1 atom stereocenters. The van der Waals surface area contributed by atoms with Gasteiger partial charge >= 0.3 is 0 Å². The molecule has 0 aromatic heterocycles. The first-order valence-electron chi connectivity index (χ1n) is 9.07. The van der Waals surface area contributed by atoms with E-state index in [0.29, 0.717) is 29.8 Å². The van der Waals surface area contributed by atoms with Crippen LogP contribution in [0.15, 0.2) is 18.2 Å². The maximum atomic E-state index is 12.6. The number of ether oxygens (including phenoxy) is 1. The van der Waals surface area contributed by atoms with Crippen molar-refractivity contribution in [3.8, 4) is 5.75 Å². The fraction of sp³-hybridized carbons (Fsp3) is 0.526. The third kappa shape index (κ3) is 4.84. The molecule has 0 saturated carbocycles. The van der Waals surface area contributed by atoms with Crippen LogP contribution in [0.3, 0.4) is 0 Å². The molecule has 0 fully saturated rings. The van der Waals surface area contributed by atoms with Gasteiger partial charge in [-0.3, -0.25) is 19.3 Å². The van der Waals surface area contributed by atoms with E-state index in [9.17, 15) is 14.4 Å². The first-order valence-corrected chi connectivity index (χ1v) is 9.07. The van der Waals surface area contributed by atoms with E-state index in [4.69, 9.17) is 14.9 Å². The standard InChI is InChI=1S/C19H26N2O6/c1-3-4-16(24)14-5-6-17-15(11-14)21(19(26)13(2)27-17)12-18(25)20(7-9-22)8-10-23/h5-6,11,13,22-23H,3-4,7-10,12H2,1-2H3. The van der Waals surface area contributed by atoms with Crippen LogP contribution in [-0.4, -0.2) is 71.7 Å². The Kier molecular flexibility index (Phi) is 7.32. The Labute approximate surface area is 158 Å². The van der Waals surface area contributed by atoms with Gasteiger partial charge in [-0.1, -0.05) is 6.92 Å². The first kappa shape index (κ1) is 20.9. The molecule has 1 unspecified atom stereocenters. The fourth-order valence-corrected chi connectivity index (χ4v) is 2.95. The van der Waals surface area contributed by atoms with Crippen LogP contribution in [0.1, 0.15) is 37.0 Å². The third-order valence-electron chi connectivity index (χ3n) is 4.35. The summed E-state index contributed by atoms with van der Waals surface area (Å²) < 4.78 is 5.60. The second kappa shape index (κ2) is 9.48. The zero-order valence-electron chi connectivity index (χ0n) is 15.7. The predicted octanol–water partition coefficient (Wildman–Crippen LogP) is 0.596. The van der Waals surface area contributed by atoms with Crippen molar-refractivity contribution in [1.82, 2.24) is 4.90 Å². The van der Waals surface area contributed by atoms with Gasteiger partial charge in [-0.15, -0.1) is 0 Å². The van der Waals surface area contributed by atoms with E-state index < -0.39 is 12.0 Å². The predicted molar refractivity (Wildman–Crippen MR) is 98.9 cm³/mol. The number of amides is 2. The summed E-state index contributed by atoms with van der Waals surface area (Å²) in [6.45, 7) is 2.89. The molecule has 148 valence electrons. The Hall–Kier alpha value is -2.45. The van der Waals surface area contributed by atoms with Gasteiger partial charge < -0.3 is 19.8 Å². The summed E-state index contributed by atoms with van der Waals surface area (Å²) in [5, 5.41) is 18.2. The molecule has 0 aliphatic carbocycles. The highest BCUT2D eigenvalue weighted by Crippen LogP contribution is 2.35. The lowest BCUT2D eigenvalue weighted by Crippen LogP contribution is -2.50. The Morgan fingerprint density at radius 3 is 2.48 bits per heavy atom. The highest BCUT2D eigenvalue weighted by molar-refractivity contribution is 6.05. The van der Waals surface area contributed by atoms with E-state index in [1.807, 2.05) is 6.92 Å². The zero-order valence-corrected chi connectivity index (χ0v) is 15.7. The number of rotatable bonds is 9. The normalized spacial score (nSPS) is 15.9. The molecule has 8 nitrogen and oxygen atoms in total. The van der Waals surface area contributed by atoms with Crippen molar-refractivity contribution in [2.24, 2.45) is 0 Å². The van der Waals surface area contributed by atoms with Gasteiger partial charge in [0.25, 0.3) is 5.91 Å². The molecule has 2 amide bonds. The van der Waals surface area contributed by atoms with E-state index >= 15 is 0 Å². The molecule has 0 bridgehead atoms. The Bertz CT molecular complexity index is 699. The molecule has 27 heavy (non-hydrogen) atoms. The molecule has 1 aliphatic heterocycles. The summed E-state index contributed by atoms with van der Waals surface area (Å²) in [7, 11) is 0. The van der Waals surface area contributed by atoms with E-state index in [-0.39, 0.29) is 44.5 Å². The van der Waals surface area contributed by atoms with Gasteiger partial charge in [0.05, 0.1) is 18.9 Å². The molecular formula is C19H26N2O6. The van der Waals surface area contributed by atoms with Crippen molar-refractivity contribution in [1.29, 1.82) is 0 Å². The number of aliphatic hydroxyl groups excluding tert-OH is 2. The summed E-state index contributed by atoms with van der Waals surface area (Å²) in [5.41, 5.74) is 0.836. The molecule has 1 aromatic rings. The second-order valence-electron chi connectivity index (χ2n) is 6.37. The SMILES string of the molecule is CCCC(=O)c1ccc2c(c1)N(CC(=O)N(CCO)CCO)C(=O)C(C)O2. The van der Waals surface area contributed by atoms with E-state index in [1.54, 1.807) is 25.1 Å². The van der Waals surface area contributed by atoms with Crippen LogP contribution in [0, 0.1) is 0 Å². The van der Waals surface area contributed by atoms with Crippen LogP contribution >= 0.6 is 0 Å². The fourth-order valence-electron chi connectivity index (χ4n) is 2.95. The number of benzene rings is 1. The Morgan fingerprint density at radius 2 is 1.89 bits per heavy atom. The highest BCUT2D eigenvalue weighted by atomic mass is 16.5. The lowest BCUT2D eigenvalue weighted by Gasteiger charge is -2.34. The number of anilines is 1. The van der Waals surface area contributed by atoms with Crippen LogP contribution in [0.2, 0.25) is 0 Å². The molecular weight excluding hydrogens is 352 g/mol. The number of carbonyl (C=O) groups excluding carboxylic acids is 3. The summed E-state index contributed by atoms with van der Waals surface area (Å²) in [6, 6.07) is 4.87. The molecule has 0 spiro atoms. The van der Waals surface area contributed by atoms with Gasteiger partial charge in [0.1, 0.15) is 12.3 Å². The summed E-state index contributed by atoms with van der Waals surface area (Å²) >= 11 is 0. The monoisotopic (exact) mass is 378 g/mol. The van der Waals surface area contributed by atoms with Crippen molar-refractivity contribution >= 4 is 23.3 Å². The molecule has 2 rings (SSSR count). The zero-order chi connectivity index (χ0) is 20.0. The number of nitrogens with zero attached hydrogens (tertiary/aromatic N) is 2. The summed E-state index contributed by atoms with van der Waals surface area (Å²) in [6.07, 6.45) is 0.345. The third-order valence-corrected chi connectivity index (χ3v) is 4.35. The number of aliphatic hydroxyl groups is 2.